The molecule has 1 N–H and O–H groups in total. The van der Waals surface area contributed by atoms with E-state index in [1.165, 1.54) is 12.2 Å². The number of thioether (sulfide) groups is 1. The summed E-state index contributed by atoms with van der Waals surface area (Å²) in [5.74, 6) is -0.998. The highest BCUT2D eigenvalue weighted by atomic mass is 32.2. The average molecular weight is 316 g/mol. The summed E-state index contributed by atoms with van der Waals surface area (Å²) in [5.41, 5.74) is 1.45. The lowest BCUT2D eigenvalue weighted by Gasteiger charge is -2.09. The van der Waals surface area contributed by atoms with Crippen molar-refractivity contribution in [1.29, 1.82) is 5.26 Å². The molecule has 6 heteroatoms. The Morgan fingerprint density at radius 1 is 1.41 bits per heavy atom. The zero-order valence-corrected chi connectivity index (χ0v) is 13.1. The normalized spacial score (nSPS) is 10.6. The van der Waals surface area contributed by atoms with Gasteiger partial charge in [-0.2, -0.15) is 5.26 Å². The van der Waals surface area contributed by atoms with Crippen LogP contribution in [0.5, 0.6) is 0 Å². The number of rotatable bonds is 6. The Bertz CT molecular complexity index is 645. The maximum absolute atomic E-state index is 11.7. The molecule has 22 heavy (non-hydrogen) atoms. The second-order valence-corrected chi connectivity index (χ2v) is 5.07. The van der Waals surface area contributed by atoms with Crippen molar-refractivity contribution >= 4 is 29.3 Å². The molecule has 0 bridgehead atoms. The van der Waals surface area contributed by atoms with Gasteiger partial charge in [-0.05, 0) is 49.4 Å². The van der Waals surface area contributed by atoms with Crippen molar-refractivity contribution in [2.75, 3.05) is 11.9 Å². The first-order chi connectivity index (χ1) is 10.6. The summed E-state index contributed by atoms with van der Waals surface area (Å²) in [6.45, 7) is 3.29. The number of nitriles is 1. The van der Waals surface area contributed by atoms with E-state index in [2.05, 4.69) is 5.32 Å². The van der Waals surface area contributed by atoms with Crippen LogP contribution < -0.4 is 5.32 Å². The van der Waals surface area contributed by atoms with Crippen molar-refractivity contribution in [2.45, 2.75) is 18.7 Å². The summed E-state index contributed by atoms with van der Waals surface area (Å²) in [6, 6.07) is 5.25. The minimum absolute atomic E-state index is 0.354. The number of anilines is 1. The van der Waals surface area contributed by atoms with Gasteiger partial charge in [0.15, 0.2) is 6.61 Å². The summed E-state index contributed by atoms with van der Waals surface area (Å²) in [7, 11) is 0. The van der Waals surface area contributed by atoms with Crippen LogP contribution in [-0.4, -0.2) is 18.5 Å². The fraction of sp³-hybridized carbons (Fsp3) is 0.188. The number of esters is 1. The number of hydrogen-bond acceptors (Lipinski definition) is 5. The molecule has 0 radical (unpaired) electrons. The number of thiocyanates is 1. The second-order valence-electron chi connectivity index (χ2n) is 4.21. The summed E-state index contributed by atoms with van der Waals surface area (Å²) in [6.07, 6.45) is 6.24. The van der Waals surface area contributed by atoms with E-state index in [-0.39, 0.29) is 6.61 Å². The van der Waals surface area contributed by atoms with Crippen LogP contribution >= 0.6 is 11.8 Å². The van der Waals surface area contributed by atoms with Gasteiger partial charge in [0.1, 0.15) is 5.40 Å². The van der Waals surface area contributed by atoms with Gasteiger partial charge < -0.3 is 10.1 Å². The standard InChI is InChI=1S/C16H16N2O3S/c1-3-4-5-6-16(20)21-10-15(19)18-14-8-7-13(22-11-17)9-12(14)2/h3-9H,10H2,1-2H3,(H,18,19)/b4-3+,6-5+. The van der Waals surface area contributed by atoms with E-state index in [9.17, 15) is 9.59 Å². The van der Waals surface area contributed by atoms with Gasteiger partial charge in [-0.1, -0.05) is 18.2 Å². The number of amides is 1. The Morgan fingerprint density at radius 3 is 2.82 bits per heavy atom. The molecular weight excluding hydrogens is 300 g/mol. The Morgan fingerprint density at radius 2 is 2.18 bits per heavy atom. The topological polar surface area (TPSA) is 79.2 Å². The van der Waals surface area contributed by atoms with Gasteiger partial charge in [0.2, 0.25) is 0 Å². The van der Waals surface area contributed by atoms with Gasteiger partial charge >= 0.3 is 5.97 Å². The molecule has 0 saturated heterocycles. The number of benzene rings is 1. The quantitative estimate of drug-likeness (QED) is 0.287. The van der Waals surface area contributed by atoms with Gasteiger partial charge in [-0.3, -0.25) is 4.79 Å². The van der Waals surface area contributed by atoms with Gasteiger partial charge in [-0.15, -0.1) is 0 Å². The molecule has 0 saturated carbocycles. The Hall–Kier alpha value is -2.52. The third-order valence-corrected chi connectivity index (χ3v) is 3.10. The molecule has 0 aliphatic rings. The van der Waals surface area contributed by atoms with E-state index in [0.29, 0.717) is 5.69 Å². The van der Waals surface area contributed by atoms with Crippen molar-refractivity contribution < 1.29 is 14.3 Å². The molecule has 1 rings (SSSR count). The van der Waals surface area contributed by atoms with Crippen LogP contribution in [0.3, 0.4) is 0 Å². The van der Waals surface area contributed by atoms with Crippen LogP contribution in [0, 0.1) is 17.6 Å². The van der Waals surface area contributed by atoms with E-state index >= 15 is 0 Å². The SMILES string of the molecule is C/C=C/C=C/C(=O)OCC(=O)Nc1ccc(SC#N)cc1C. The van der Waals surface area contributed by atoms with Crippen LogP contribution in [0.15, 0.2) is 47.4 Å². The van der Waals surface area contributed by atoms with Crippen LogP contribution in [-0.2, 0) is 14.3 Å². The van der Waals surface area contributed by atoms with Crippen LogP contribution in [0.25, 0.3) is 0 Å². The molecule has 0 heterocycles. The van der Waals surface area contributed by atoms with Crippen molar-refractivity contribution in [3.05, 3.63) is 48.1 Å². The minimum atomic E-state index is -0.578. The third kappa shape index (κ3) is 6.29. The first-order valence-corrected chi connectivity index (χ1v) is 7.31. The zero-order valence-electron chi connectivity index (χ0n) is 12.3. The van der Waals surface area contributed by atoms with Crippen LogP contribution in [0.1, 0.15) is 12.5 Å². The smallest absolute Gasteiger partial charge is 0.331 e. The molecule has 114 valence electrons. The number of ether oxygens (including phenoxy) is 1. The van der Waals surface area contributed by atoms with E-state index in [1.807, 2.05) is 19.2 Å². The van der Waals surface area contributed by atoms with Crippen LogP contribution in [0.2, 0.25) is 0 Å². The molecule has 0 unspecified atom stereocenters. The lowest BCUT2D eigenvalue weighted by atomic mass is 10.2. The fourth-order valence-electron chi connectivity index (χ4n) is 1.51. The summed E-state index contributed by atoms with van der Waals surface area (Å²) >= 11 is 1.05. The van der Waals surface area contributed by atoms with Gasteiger partial charge in [0, 0.05) is 16.7 Å². The molecule has 1 amide bonds. The summed E-state index contributed by atoms with van der Waals surface area (Å²) < 4.78 is 4.81. The highest BCUT2D eigenvalue weighted by Gasteiger charge is 2.08. The van der Waals surface area contributed by atoms with Crippen molar-refractivity contribution in [2.24, 2.45) is 0 Å². The molecule has 0 spiro atoms. The molecule has 0 aliphatic carbocycles. The molecular formula is C16H16N2O3S. The summed E-state index contributed by atoms with van der Waals surface area (Å²) in [5, 5.41) is 13.3. The Kier molecular flexibility index (Phi) is 7.51. The van der Waals surface area contributed by atoms with Gasteiger partial charge in [0.25, 0.3) is 5.91 Å². The van der Waals surface area contributed by atoms with Crippen molar-refractivity contribution in [3.8, 4) is 5.40 Å². The molecule has 5 nitrogen and oxygen atoms in total. The number of hydrogen-bond donors (Lipinski definition) is 1. The molecule has 0 fully saturated rings. The number of carbonyl (C=O) groups is 2. The van der Waals surface area contributed by atoms with E-state index in [4.69, 9.17) is 10.00 Å². The van der Waals surface area contributed by atoms with E-state index in [1.54, 1.807) is 30.4 Å². The lowest BCUT2D eigenvalue weighted by molar-refractivity contribution is -0.142. The minimum Gasteiger partial charge on any atom is -0.452 e. The highest BCUT2D eigenvalue weighted by Crippen LogP contribution is 2.23. The number of nitrogens with zero attached hydrogens (tertiary/aromatic N) is 1. The van der Waals surface area contributed by atoms with E-state index < -0.39 is 11.9 Å². The fourth-order valence-corrected chi connectivity index (χ4v) is 1.99. The number of nitrogens with one attached hydrogen (secondary N) is 1. The molecule has 1 aromatic rings. The van der Waals surface area contributed by atoms with Crippen LogP contribution in [0.4, 0.5) is 5.69 Å². The number of carbonyl (C=O) groups excluding carboxylic acids is 2. The number of aryl methyl sites for hydroxylation is 1. The Labute approximate surface area is 133 Å². The van der Waals surface area contributed by atoms with Gasteiger partial charge in [-0.25, -0.2) is 4.79 Å². The molecule has 0 aromatic heterocycles. The Balaban J connectivity index is 2.52. The maximum Gasteiger partial charge on any atom is 0.331 e. The largest absolute Gasteiger partial charge is 0.452 e. The van der Waals surface area contributed by atoms with E-state index in [0.717, 1.165) is 22.2 Å². The predicted molar refractivity (Wildman–Crippen MR) is 86.2 cm³/mol. The molecule has 0 atom stereocenters. The third-order valence-electron chi connectivity index (χ3n) is 2.52. The molecule has 1 aromatic carbocycles. The average Bonchev–Trinajstić information content (AvgIpc) is 2.48. The predicted octanol–water partition coefficient (Wildman–Crippen LogP) is 3.18. The zero-order chi connectivity index (χ0) is 16.4. The summed E-state index contributed by atoms with van der Waals surface area (Å²) in [4.78, 5) is 23.8. The monoisotopic (exact) mass is 316 g/mol. The highest BCUT2D eigenvalue weighted by molar-refractivity contribution is 8.03. The first kappa shape index (κ1) is 17.5. The van der Waals surface area contributed by atoms with Crippen molar-refractivity contribution in [1.82, 2.24) is 0 Å². The molecule has 0 aliphatic heterocycles. The maximum atomic E-state index is 11.7. The number of allylic oxidation sites excluding steroid dienone is 3. The second kappa shape index (κ2) is 9.42. The van der Waals surface area contributed by atoms with Crippen molar-refractivity contribution in [3.63, 3.8) is 0 Å². The first-order valence-electron chi connectivity index (χ1n) is 6.49. The lowest BCUT2D eigenvalue weighted by Crippen LogP contribution is -2.20. The van der Waals surface area contributed by atoms with Gasteiger partial charge in [0.05, 0.1) is 0 Å².